The van der Waals surface area contributed by atoms with E-state index in [4.69, 9.17) is 22.2 Å². The predicted octanol–water partition coefficient (Wildman–Crippen LogP) is 2.08. The maximum absolute atomic E-state index is 6.04. The van der Waals surface area contributed by atoms with Crippen molar-refractivity contribution in [2.24, 2.45) is 5.84 Å². The zero-order chi connectivity index (χ0) is 13.2. The van der Waals surface area contributed by atoms with Gasteiger partial charge < -0.3 is 4.74 Å². The normalized spacial score (nSPS) is 10.6. The molecule has 8 heteroatoms. The highest BCUT2D eigenvalue weighted by atomic mass is 35.5. The van der Waals surface area contributed by atoms with Crippen molar-refractivity contribution in [2.45, 2.75) is 0 Å². The van der Waals surface area contributed by atoms with Crippen molar-refractivity contribution in [1.82, 2.24) is 20.2 Å². The first kappa shape index (κ1) is 11.7. The monoisotopic (exact) mass is 276 g/mol. The quantitative estimate of drug-likeness (QED) is 0.500. The number of hydrazine groups is 1. The van der Waals surface area contributed by atoms with Gasteiger partial charge in [-0.25, -0.2) is 5.84 Å². The Morgan fingerprint density at radius 2 is 2.11 bits per heavy atom. The van der Waals surface area contributed by atoms with Gasteiger partial charge >= 0.3 is 0 Å². The molecule has 0 aliphatic carbocycles. The van der Waals surface area contributed by atoms with Gasteiger partial charge in [0.15, 0.2) is 5.65 Å². The number of benzene rings is 1. The van der Waals surface area contributed by atoms with Gasteiger partial charge in [0, 0.05) is 0 Å². The first-order chi connectivity index (χ1) is 9.28. The SMILES string of the molecule is NNc1nc(Oc2ccccc2Cl)c2cn[nH]c2n1. The molecule has 19 heavy (non-hydrogen) atoms. The van der Waals surface area contributed by atoms with Crippen LogP contribution in [0.3, 0.4) is 0 Å². The summed E-state index contributed by atoms with van der Waals surface area (Å²) in [6, 6.07) is 7.10. The van der Waals surface area contributed by atoms with E-state index in [-0.39, 0.29) is 5.95 Å². The van der Waals surface area contributed by atoms with E-state index in [9.17, 15) is 0 Å². The molecular formula is C11H9ClN6O. The average Bonchev–Trinajstić information content (AvgIpc) is 2.89. The molecule has 0 saturated heterocycles. The number of halogens is 1. The molecule has 0 aliphatic rings. The fourth-order valence-electron chi connectivity index (χ4n) is 1.58. The fraction of sp³-hybridized carbons (Fsp3) is 0. The Bertz CT molecular complexity index is 728. The Labute approximate surface area is 112 Å². The summed E-state index contributed by atoms with van der Waals surface area (Å²) in [6.45, 7) is 0. The van der Waals surface area contributed by atoms with Gasteiger partial charge in [-0.1, -0.05) is 23.7 Å². The summed E-state index contributed by atoms with van der Waals surface area (Å²) in [5.74, 6) is 6.35. The molecule has 0 bridgehead atoms. The summed E-state index contributed by atoms with van der Waals surface area (Å²) >= 11 is 6.04. The van der Waals surface area contributed by atoms with E-state index in [0.717, 1.165) is 0 Å². The van der Waals surface area contributed by atoms with Crippen LogP contribution < -0.4 is 16.0 Å². The Morgan fingerprint density at radius 1 is 1.26 bits per heavy atom. The van der Waals surface area contributed by atoms with Gasteiger partial charge in [-0.05, 0) is 12.1 Å². The van der Waals surface area contributed by atoms with Crippen molar-refractivity contribution in [3.63, 3.8) is 0 Å². The Kier molecular flexibility index (Phi) is 2.90. The Morgan fingerprint density at radius 3 is 2.89 bits per heavy atom. The predicted molar refractivity (Wildman–Crippen MR) is 71.0 cm³/mol. The lowest BCUT2D eigenvalue weighted by Gasteiger charge is -2.08. The molecule has 96 valence electrons. The molecule has 2 heterocycles. The van der Waals surface area contributed by atoms with E-state index in [1.54, 1.807) is 18.3 Å². The van der Waals surface area contributed by atoms with Gasteiger partial charge in [-0.2, -0.15) is 15.1 Å². The van der Waals surface area contributed by atoms with Crippen molar-refractivity contribution in [3.8, 4) is 11.6 Å². The first-order valence-corrected chi connectivity index (χ1v) is 5.76. The summed E-state index contributed by atoms with van der Waals surface area (Å²) in [5, 5.41) is 7.74. The van der Waals surface area contributed by atoms with Crippen LogP contribution in [0.4, 0.5) is 5.95 Å². The molecule has 0 aliphatic heterocycles. The lowest BCUT2D eigenvalue weighted by Crippen LogP contribution is -2.10. The van der Waals surface area contributed by atoms with Crippen LogP contribution in [0.1, 0.15) is 0 Å². The number of nitrogens with one attached hydrogen (secondary N) is 2. The number of nitrogens with two attached hydrogens (primary N) is 1. The maximum atomic E-state index is 6.04. The number of para-hydroxylation sites is 1. The van der Waals surface area contributed by atoms with Gasteiger partial charge in [0.2, 0.25) is 11.8 Å². The van der Waals surface area contributed by atoms with E-state index in [2.05, 4.69) is 25.6 Å². The smallest absolute Gasteiger partial charge is 0.242 e. The number of ether oxygens (including phenoxy) is 1. The zero-order valence-electron chi connectivity index (χ0n) is 9.59. The minimum atomic E-state index is 0.221. The van der Waals surface area contributed by atoms with Crippen molar-refractivity contribution in [3.05, 3.63) is 35.5 Å². The van der Waals surface area contributed by atoms with Crippen LogP contribution >= 0.6 is 11.6 Å². The van der Waals surface area contributed by atoms with Crippen LogP contribution in [-0.2, 0) is 0 Å². The number of hydrogen-bond donors (Lipinski definition) is 3. The van der Waals surface area contributed by atoms with Crippen molar-refractivity contribution in [1.29, 1.82) is 0 Å². The second-order valence-electron chi connectivity index (χ2n) is 3.66. The van der Waals surface area contributed by atoms with Crippen LogP contribution in [0.25, 0.3) is 11.0 Å². The zero-order valence-corrected chi connectivity index (χ0v) is 10.3. The van der Waals surface area contributed by atoms with Gasteiger partial charge in [0.25, 0.3) is 0 Å². The van der Waals surface area contributed by atoms with Gasteiger partial charge in [-0.15, -0.1) is 0 Å². The van der Waals surface area contributed by atoms with Crippen LogP contribution in [0, 0.1) is 0 Å². The molecular weight excluding hydrogens is 268 g/mol. The summed E-state index contributed by atoms with van der Waals surface area (Å²) < 4.78 is 5.68. The molecule has 0 radical (unpaired) electrons. The number of nitrogen functional groups attached to an aromatic ring is 1. The summed E-state index contributed by atoms with van der Waals surface area (Å²) in [6.07, 6.45) is 1.57. The van der Waals surface area contributed by atoms with Crippen molar-refractivity contribution >= 4 is 28.6 Å². The van der Waals surface area contributed by atoms with Crippen LogP contribution in [0.5, 0.6) is 11.6 Å². The Hall–Kier alpha value is -2.38. The topological polar surface area (TPSA) is 102 Å². The number of anilines is 1. The third kappa shape index (κ3) is 2.16. The van der Waals surface area contributed by atoms with E-state index in [1.165, 1.54) is 0 Å². The molecule has 0 atom stereocenters. The molecule has 2 aromatic heterocycles. The lowest BCUT2D eigenvalue weighted by molar-refractivity contribution is 0.469. The minimum Gasteiger partial charge on any atom is -0.436 e. The van der Waals surface area contributed by atoms with E-state index in [1.807, 2.05) is 12.1 Å². The molecule has 1 aromatic carbocycles. The molecule has 0 unspecified atom stereocenters. The van der Waals surface area contributed by atoms with Gasteiger partial charge in [0.1, 0.15) is 11.1 Å². The highest BCUT2D eigenvalue weighted by Gasteiger charge is 2.12. The summed E-state index contributed by atoms with van der Waals surface area (Å²) in [4.78, 5) is 8.24. The van der Waals surface area contributed by atoms with Crippen LogP contribution in [0.15, 0.2) is 30.5 Å². The molecule has 0 spiro atoms. The third-order valence-corrected chi connectivity index (χ3v) is 2.76. The van der Waals surface area contributed by atoms with Crippen LogP contribution in [-0.4, -0.2) is 20.2 Å². The minimum absolute atomic E-state index is 0.221. The Balaban J connectivity index is 2.09. The number of rotatable bonds is 3. The standard InChI is InChI=1S/C11H9ClN6O/c12-7-3-1-2-4-8(7)19-10-6-5-14-18-9(6)15-11(16-10)17-13/h1-5H,13H2,(H2,14,15,16,17,18). The second kappa shape index (κ2) is 4.71. The van der Waals surface area contributed by atoms with Gasteiger partial charge in [-0.3, -0.25) is 10.5 Å². The lowest BCUT2D eigenvalue weighted by atomic mass is 10.3. The van der Waals surface area contributed by atoms with Crippen molar-refractivity contribution in [2.75, 3.05) is 5.43 Å². The number of aromatic amines is 1. The second-order valence-corrected chi connectivity index (χ2v) is 4.07. The molecule has 0 fully saturated rings. The number of nitrogens with zero attached hydrogens (tertiary/aromatic N) is 3. The number of hydrogen-bond acceptors (Lipinski definition) is 6. The summed E-state index contributed by atoms with van der Waals surface area (Å²) in [7, 11) is 0. The van der Waals surface area contributed by atoms with Gasteiger partial charge in [0.05, 0.1) is 11.2 Å². The van der Waals surface area contributed by atoms with E-state index < -0.39 is 0 Å². The third-order valence-electron chi connectivity index (χ3n) is 2.45. The first-order valence-electron chi connectivity index (χ1n) is 5.38. The fourth-order valence-corrected chi connectivity index (χ4v) is 1.76. The molecule has 0 amide bonds. The average molecular weight is 277 g/mol. The highest BCUT2D eigenvalue weighted by molar-refractivity contribution is 6.32. The molecule has 3 rings (SSSR count). The summed E-state index contributed by atoms with van der Waals surface area (Å²) in [5.41, 5.74) is 2.89. The molecule has 4 N–H and O–H groups in total. The van der Waals surface area contributed by atoms with Crippen molar-refractivity contribution < 1.29 is 4.74 Å². The van der Waals surface area contributed by atoms with Crippen LogP contribution in [0.2, 0.25) is 5.02 Å². The molecule has 0 saturated carbocycles. The number of fused-ring (bicyclic) bond motifs is 1. The van der Waals surface area contributed by atoms with E-state index in [0.29, 0.717) is 27.7 Å². The molecule has 3 aromatic rings. The van der Waals surface area contributed by atoms with E-state index >= 15 is 0 Å². The molecule has 7 nitrogen and oxygen atoms in total. The maximum Gasteiger partial charge on any atom is 0.242 e. The number of H-pyrrole nitrogens is 1. The highest BCUT2D eigenvalue weighted by Crippen LogP contribution is 2.31. The largest absolute Gasteiger partial charge is 0.436 e. The number of aromatic nitrogens is 4.